The maximum atomic E-state index is 11.7. The number of rotatable bonds is 2. The van der Waals surface area contributed by atoms with E-state index in [-0.39, 0.29) is 11.8 Å². The zero-order valence-corrected chi connectivity index (χ0v) is 8.64. The lowest BCUT2D eigenvalue weighted by atomic mass is 10.00. The minimum atomic E-state index is 0.0128. The number of aromatic nitrogens is 3. The van der Waals surface area contributed by atoms with Crippen molar-refractivity contribution in [3.63, 3.8) is 0 Å². The van der Waals surface area contributed by atoms with Crippen molar-refractivity contribution in [3.05, 3.63) is 6.20 Å². The molecule has 1 aromatic rings. The summed E-state index contributed by atoms with van der Waals surface area (Å²) in [5.74, 6) is 0.563. The van der Waals surface area contributed by atoms with Crippen molar-refractivity contribution in [2.45, 2.75) is 12.8 Å². The van der Waals surface area contributed by atoms with Gasteiger partial charge in [-0.15, -0.1) is 5.10 Å². The molecule has 2 heterocycles. The summed E-state index contributed by atoms with van der Waals surface area (Å²) in [7, 11) is 1.71. The SMILES string of the molecule is Cn1ncc(NC(=O)C2CCOCC2)n1. The monoisotopic (exact) mass is 210 g/mol. The van der Waals surface area contributed by atoms with Crippen LogP contribution in [0.25, 0.3) is 0 Å². The van der Waals surface area contributed by atoms with Crippen molar-refractivity contribution in [2.24, 2.45) is 13.0 Å². The zero-order chi connectivity index (χ0) is 10.7. The Balaban J connectivity index is 1.91. The summed E-state index contributed by atoms with van der Waals surface area (Å²) in [6.07, 6.45) is 3.11. The lowest BCUT2D eigenvalue weighted by molar-refractivity contribution is -0.122. The molecule has 1 fully saturated rings. The predicted molar refractivity (Wildman–Crippen MR) is 53.2 cm³/mol. The molecule has 1 aromatic heterocycles. The Kier molecular flexibility index (Phi) is 2.96. The largest absolute Gasteiger partial charge is 0.381 e. The Morgan fingerprint density at radius 1 is 1.60 bits per heavy atom. The van der Waals surface area contributed by atoms with Gasteiger partial charge in [-0.3, -0.25) is 4.79 Å². The van der Waals surface area contributed by atoms with Crippen LogP contribution in [0.15, 0.2) is 6.20 Å². The van der Waals surface area contributed by atoms with Gasteiger partial charge in [-0.25, -0.2) is 0 Å². The van der Waals surface area contributed by atoms with Crippen molar-refractivity contribution in [1.29, 1.82) is 0 Å². The third-order valence-electron chi connectivity index (χ3n) is 2.44. The quantitative estimate of drug-likeness (QED) is 0.756. The van der Waals surface area contributed by atoms with Crippen LogP contribution in [0.2, 0.25) is 0 Å². The third-order valence-corrected chi connectivity index (χ3v) is 2.44. The van der Waals surface area contributed by atoms with Crippen molar-refractivity contribution < 1.29 is 9.53 Å². The molecule has 0 unspecified atom stereocenters. The number of aryl methyl sites for hydroxylation is 1. The van der Waals surface area contributed by atoms with E-state index in [1.54, 1.807) is 7.05 Å². The van der Waals surface area contributed by atoms with Gasteiger partial charge in [0.05, 0.1) is 6.20 Å². The van der Waals surface area contributed by atoms with Crippen molar-refractivity contribution in [3.8, 4) is 0 Å². The van der Waals surface area contributed by atoms with Crippen molar-refractivity contribution in [1.82, 2.24) is 15.0 Å². The average Bonchev–Trinajstić information content (AvgIpc) is 2.65. The highest BCUT2D eigenvalue weighted by atomic mass is 16.5. The van der Waals surface area contributed by atoms with E-state index in [0.717, 1.165) is 12.8 Å². The van der Waals surface area contributed by atoms with Crippen LogP contribution in [-0.2, 0) is 16.6 Å². The minimum Gasteiger partial charge on any atom is -0.381 e. The fraction of sp³-hybridized carbons (Fsp3) is 0.667. The number of nitrogens with one attached hydrogen (secondary N) is 1. The molecule has 0 spiro atoms. The summed E-state index contributed by atoms with van der Waals surface area (Å²) >= 11 is 0. The summed E-state index contributed by atoms with van der Waals surface area (Å²) in [5, 5.41) is 10.6. The number of anilines is 1. The van der Waals surface area contributed by atoms with Crippen LogP contribution in [-0.4, -0.2) is 34.1 Å². The molecule has 1 aliphatic heterocycles. The number of amides is 1. The van der Waals surface area contributed by atoms with Crippen LogP contribution in [0.4, 0.5) is 5.82 Å². The Hall–Kier alpha value is -1.43. The van der Waals surface area contributed by atoms with Crippen molar-refractivity contribution in [2.75, 3.05) is 18.5 Å². The van der Waals surface area contributed by atoms with Gasteiger partial charge in [-0.1, -0.05) is 0 Å². The van der Waals surface area contributed by atoms with Crippen LogP contribution in [0.1, 0.15) is 12.8 Å². The van der Waals surface area contributed by atoms with Crippen LogP contribution < -0.4 is 5.32 Å². The van der Waals surface area contributed by atoms with Crippen LogP contribution in [0.5, 0.6) is 0 Å². The average molecular weight is 210 g/mol. The highest BCUT2D eigenvalue weighted by Gasteiger charge is 2.21. The molecule has 6 heteroatoms. The molecular formula is C9H14N4O2. The number of carbonyl (C=O) groups is 1. The molecule has 1 amide bonds. The van der Waals surface area contributed by atoms with Gasteiger partial charge in [0.1, 0.15) is 0 Å². The molecule has 0 radical (unpaired) electrons. The first-order valence-corrected chi connectivity index (χ1v) is 5.00. The minimum absolute atomic E-state index is 0.0128. The van der Waals surface area contributed by atoms with Gasteiger partial charge in [-0.2, -0.15) is 9.90 Å². The lowest BCUT2D eigenvalue weighted by Gasteiger charge is -2.20. The summed E-state index contributed by atoms with van der Waals surface area (Å²) < 4.78 is 5.19. The second-order valence-corrected chi connectivity index (χ2v) is 3.60. The van der Waals surface area contributed by atoms with Crippen LogP contribution >= 0.6 is 0 Å². The van der Waals surface area contributed by atoms with Gasteiger partial charge in [0, 0.05) is 26.2 Å². The van der Waals surface area contributed by atoms with Gasteiger partial charge >= 0.3 is 0 Å². The highest BCUT2D eigenvalue weighted by molar-refractivity contribution is 5.91. The molecule has 0 aliphatic carbocycles. The molecule has 0 aromatic carbocycles. The normalized spacial score (nSPS) is 17.7. The molecule has 0 atom stereocenters. The molecule has 1 saturated heterocycles. The second-order valence-electron chi connectivity index (χ2n) is 3.60. The molecule has 2 rings (SSSR count). The van der Waals surface area contributed by atoms with E-state index in [4.69, 9.17) is 4.74 Å². The number of ether oxygens (including phenoxy) is 1. The van der Waals surface area contributed by atoms with Gasteiger partial charge < -0.3 is 10.1 Å². The number of carbonyl (C=O) groups excluding carboxylic acids is 1. The Labute approximate surface area is 87.6 Å². The first-order chi connectivity index (χ1) is 7.25. The number of hydrogen-bond donors (Lipinski definition) is 1. The molecule has 82 valence electrons. The van der Waals surface area contributed by atoms with Gasteiger partial charge in [0.2, 0.25) is 5.91 Å². The molecule has 15 heavy (non-hydrogen) atoms. The molecule has 6 nitrogen and oxygen atoms in total. The Morgan fingerprint density at radius 3 is 2.93 bits per heavy atom. The van der Waals surface area contributed by atoms with E-state index in [0.29, 0.717) is 19.0 Å². The lowest BCUT2D eigenvalue weighted by Crippen LogP contribution is -2.28. The summed E-state index contributed by atoms with van der Waals surface area (Å²) in [6.45, 7) is 1.33. The molecule has 0 bridgehead atoms. The van der Waals surface area contributed by atoms with Gasteiger partial charge in [0.25, 0.3) is 0 Å². The first-order valence-electron chi connectivity index (χ1n) is 5.00. The molecule has 0 saturated carbocycles. The fourth-order valence-electron chi connectivity index (χ4n) is 1.59. The topological polar surface area (TPSA) is 69.0 Å². The Morgan fingerprint density at radius 2 is 2.33 bits per heavy atom. The zero-order valence-electron chi connectivity index (χ0n) is 8.64. The van der Waals surface area contributed by atoms with E-state index in [9.17, 15) is 4.79 Å². The van der Waals surface area contributed by atoms with E-state index in [1.165, 1.54) is 11.0 Å². The summed E-state index contributed by atoms with van der Waals surface area (Å²) in [6, 6.07) is 0. The highest BCUT2D eigenvalue weighted by Crippen LogP contribution is 2.16. The molecule has 1 N–H and O–H groups in total. The van der Waals surface area contributed by atoms with Crippen molar-refractivity contribution >= 4 is 11.7 Å². The molecular weight excluding hydrogens is 196 g/mol. The fourth-order valence-corrected chi connectivity index (χ4v) is 1.59. The number of hydrogen-bond acceptors (Lipinski definition) is 4. The Bertz CT molecular complexity index is 344. The van der Waals surface area contributed by atoms with Crippen LogP contribution in [0.3, 0.4) is 0 Å². The second kappa shape index (κ2) is 4.39. The smallest absolute Gasteiger partial charge is 0.228 e. The first kappa shape index (κ1) is 10.1. The van der Waals surface area contributed by atoms with E-state index >= 15 is 0 Å². The third kappa shape index (κ3) is 2.53. The summed E-state index contributed by atoms with van der Waals surface area (Å²) in [4.78, 5) is 13.1. The maximum Gasteiger partial charge on any atom is 0.228 e. The predicted octanol–water partition coefficient (Wildman–Crippen LogP) is 0.180. The van der Waals surface area contributed by atoms with Gasteiger partial charge in [0.15, 0.2) is 5.82 Å². The van der Waals surface area contributed by atoms with Gasteiger partial charge in [-0.05, 0) is 12.8 Å². The van der Waals surface area contributed by atoms with E-state index in [1.807, 2.05) is 0 Å². The standard InChI is InChI=1S/C9H14N4O2/c1-13-10-6-8(12-13)11-9(14)7-2-4-15-5-3-7/h6-7H,2-5H2,1H3,(H,11,12,14). The molecule has 1 aliphatic rings. The van der Waals surface area contributed by atoms with E-state index < -0.39 is 0 Å². The summed E-state index contributed by atoms with van der Waals surface area (Å²) in [5.41, 5.74) is 0. The van der Waals surface area contributed by atoms with E-state index in [2.05, 4.69) is 15.5 Å². The maximum absolute atomic E-state index is 11.7. The number of nitrogens with zero attached hydrogens (tertiary/aromatic N) is 3. The van der Waals surface area contributed by atoms with Crippen LogP contribution in [0, 0.1) is 5.92 Å².